The molecule has 0 saturated carbocycles. The van der Waals surface area contributed by atoms with Gasteiger partial charge in [0.05, 0.1) is 0 Å². The summed E-state index contributed by atoms with van der Waals surface area (Å²) < 4.78 is 0. The topological polar surface area (TPSA) is 12.0 Å². The van der Waals surface area contributed by atoms with Gasteiger partial charge >= 0.3 is 0 Å². The molecular formula is C20H29N. The van der Waals surface area contributed by atoms with Gasteiger partial charge in [0.15, 0.2) is 0 Å². The Hall–Kier alpha value is -1.08. The van der Waals surface area contributed by atoms with Crippen LogP contribution in [0.3, 0.4) is 0 Å². The molecule has 0 amide bonds. The first-order valence-corrected chi connectivity index (χ1v) is 8.90. The van der Waals surface area contributed by atoms with Crippen molar-refractivity contribution in [2.24, 2.45) is 0 Å². The molecule has 0 heterocycles. The number of benzene rings is 1. The van der Waals surface area contributed by atoms with Crippen LogP contribution in [0.15, 0.2) is 35.9 Å². The van der Waals surface area contributed by atoms with E-state index in [1.165, 1.54) is 51.4 Å². The van der Waals surface area contributed by atoms with E-state index >= 15 is 0 Å². The number of nitrogens with one attached hydrogen (secondary N) is 1. The summed E-state index contributed by atoms with van der Waals surface area (Å²) in [6.45, 7) is 3.41. The lowest BCUT2D eigenvalue weighted by Crippen LogP contribution is -2.42. The van der Waals surface area contributed by atoms with Gasteiger partial charge in [0.2, 0.25) is 0 Å². The predicted molar refractivity (Wildman–Crippen MR) is 90.8 cm³/mol. The van der Waals surface area contributed by atoms with Gasteiger partial charge in [-0.25, -0.2) is 0 Å². The van der Waals surface area contributed by atoms with E-state index in [0.29, 0.717) is 12.0 Å². The molecule has 0 fully saturated rings. The number of hydrogen-bond acceptors (Lipinski definition) is 1. The maximum Gasteiger partial charge on any atom is 0.0351 e. The Morgan fingerprint density at radius 1 is 1.14 bits per heavy atom. The van der Waals surface area contributed by atoms with Crippen molar-refractivity contribution in [2.75, 3.05) is 6.54 Å². The van der Waals surface area contributed by atoms with E-state index in [2.05, 4.69) is 42.6 Å². The molecule has 1 heteroatoms. The first kappa shape index (κ1) is 14.8. The predicted octanol–water partition coefficient (Wildman–Crippen LogP) is 4.98. The van der Waals surface area contributed by atoms with Crippen LogP contribution in [0, 0.1) is 0 Å². The Labute approximate surface area is 129 Å². The smallest absolute Gasteiger partial charge is 0.0351 e. The molecule has 0 saturated heterocycles. The zero-order chi connectivity index (χ0) is 14.5. The minimum absolute atomic E-state index is 0.581. The molecule has 0 radical (unpaired) electrons. The Kier molecular flexibility index (Phi) is 5.13. The molecule has 3 rings (SSSR count). The standard InChI is InChI=1S/C20H29N/c1-2-14-21-20(16-10-6-4-3-5-7-11-16)19-15-17-12-8-9-13-18(17)19/h8-10,12-13,19-21H,2-7,11,14-15H2,1H3/b16-10+. The lowest BCUT2D eigenvalue weighted by atomic mass is 9.70. The molecule has 1 aromatic carbocycles. The molecule has 114 valence electrons. The van der Waals surface area contributed by atoms with Gasteiger partial charge in [-0.2, -0.15) is 0 Å². The number of hydrogen-bond donors (Lipinski definition) is 1. The number of fused-ring (bicyclic) bond motifs is 1. The van der Waals surface area contributed by atoms with Crippen molar-refractivity contribution in [3.63, 3.8) is 0 Å². The summed E-state index contributed by atoms with van der Waals surface area (Å²) in [5.41, 5.74) is 4.86. The van der Waals surface area contributed by atoms with E-state index in [4.69, 9.17) is 0 Å². The van der Waals surface area contributed by atoms with Crippen LogP contribution in [0.2, 0.25) is 0 Å². The molecule has 0 aliphatic heterocycles. The highest BCUT2D eigenvalue weighted by Gasteiger charge is 2.34. The van der Waals surface area contributed by atoms with Crippen LogP contribution >= 0.6 is 0 Å². The van der Waals surface area contributed by atoms with Gasteiger partial charge in [0.1, 0.15) is 0 Å². The summed E-state index contributed by atoms with van der Waals surface area (Å²) >= 11 is 0. The average molecular weight is 283 g/mol. The molecule has 0 spiro atoms. The first-order valence-electron chi connectivity index (χ1n) is 8.90. The van der Waals surface area contributed by atoms with Gasteiger partial charge in [0.25, 0.3) is 0 Å². The van der Waals surface area contributed by atoms with Crippen LogP contribution in [-0.2, 0) is 6.42 Å². The molecule has 21 heavy (non-hydrogen) atoms. The highest BCUT2D eigenvalue weighted by atomic mass is 14.9. The van der Waals surface area contributed by atoms with Crippen molar-refractivity contribution in [1.82, 2.24) is 5.32 Å². The highest BCUT2D eigenvalue weighted by molar-refractivity contribution is 5.43. The largest absolute Gasteiger partial charge is 0.310 e. The van der Waals surface area contributed by atoms with Crippen LogP contribution in [-0.4, -0.2) is 12.6 Å². The molecule has 2 unspecified atom stereocenters. The van der Waals surface area contributed by atoms with Crippen molar-refractivity contribution in [2.45, 2.75) is 70.3 Å². The van der Waals surface area contributed by atoms with Gasteiger partial charge < -0.3 is 5.32 Å². The van der Waals surface area contributed by atoms with Crippen LogP contribution in [0.4, 0.5) is 0 Å². The maximum absolute atomic E-state index is 3.86. The Balaban J connectivity index is 1.78. The Morgan fingerprint density at radius 3 is 2.86 bits per heavy atom. The van der Waals surface area contributed by atoms with E-state index in [9.17, 15) is 0 Å². The first-order chi connectivity index (χ1) is 10.4. The molecule has 0 bridgehead atoms. The molecule has 1 nitrogen and oxygen atoms in total. The average Bonchev–Trinajstić information content (AvgIpc) is 2.44. The Bertz CT molecular complexity index is 488. The summed E-state index contributed by atoms with van der Waals surface area (Å²) in [6, 6.07) is 9.61. The van der Waals surface area contributed by atoms with Gasteiger partial charge in [-0.05, 0) is 56.2 Å². The van der Waals surface area contributed by atoms with Crippen LogP contribution in [0.5, 0.6) is 0 Å². The van der Waals surface area contributed by atoms with Crippen LogP contribution in [0.25, 0.3) is 0 Å². The van der Waals surface area contributed by atoms with Crippen molar-refractivity contribution < 1.29 is 0 Å². The van der Waals surface area contributed by atoms with Crippen molar-refractivity contribution in [3.05, 3.63) is 47.0 Å². The fourth-order valence-corrected chi connectivity index (χ4v) is 3.93. The third-order valence-corrected chi connectivity index (χ3v) is 5.14. The van der Waals surface area contributed by atoms with Gasteiger partial charge in [-0.1, -0.05) is 55.7 Å². The van der Waals surface area contributed by atoms with Crippen molar-refractivity contribution in [3.8, 4) is 0 Å². The molecule has 2 aliphatic rings. The lowest BCUT2D eigenvalue weighted by Gasteiger charge is -2.39. The minimum atomic E-state index is 0.581. The number of allylic oxidation sites excluding steroid dienone is 1. The van der Waals surface area contributed by atoms with Crippen LogP contribution < -0.4 is 5.32 Å². The lowest BCUT2D eigenvalue weighted by molar-refractivity contribution is 0.425. The second-order valence-corrected chi connectivity index (χ2v) is 6.67. The van der Waals surface area contributed by atoms with E-state index < -0.39 is 0 Å². The second kappa shape index (κ2) is 7.26. The number of rotatable bonds is 5. The van der Waals surface area contributed by atoms with E-state index in [0.717, 1.165) is 6.54 Å². The van der Waals surface area contributed by atoms with E-state index in [1.54, 1.807) is 16.7 Å². The zero-order valence-electron chi connectivity index (χ0n) is 13.4. The van der Waals surface area contributed by atoms with Gasteiger partial charge in [0, 0.05) is 12.0 Å². The molecule has 1 aromatic rings. The summed E-state index contributed by atoms with van der Waals surface area (Å²) in [5, 5.41) is 3.86. The van der Waals surface area contributed by atoms with E-state index in [-0.39, 0.29) is 0 Å². The maximum atomic E-state index is 3.86. The van der Waals surface area contributed by atoms with Gasteiger partial charge in [-0.15, -0.1) is 0 Å². The highest BCUT2D eigenvalue weighted by Crippen LogP contribution is 2.40. The molecular weight excluding hydrogens is 254 g/mol. The van der Waals surface area contributed by atoms with Crippen molar-refractivity contribution >= 4 is 0 Å². The fraction of sp³-hybridized carbons (Fsp3) is 0.600. The summed E-state index contributed by atoms with van der Waals surface area (Å²) in [5.74, 6) is 0.707. The summed E-state index contributed by atoms with van der Waals surface area (Å²) in [4.78, 5) is 0. The summed E-state index contributed by atoms with van der Waals surface area (Å²) in [6.07, 6.45) is 13.2. The van der Waals surface area contributed by atoms with E-state index in [1.807, 2.05) is 0 Å². The monoisotopic (exact) mass is 283 g/mol. The van der Waals surface area contributed by atoms with Crippen molar-refractivity contribution in [1.29, 1.82) is 0 Å². The van der Waals surface area contributed by atoms with Crippen LogP contribution in [0.1, 0.15) is 68.9 Å². The molecule has 0 aromatic heterocycles. The Morgan fingerprint density at radius 2 is 2.00 bits per heavy atom. The quantitative estimate of drug-likeness (QED) is 0.752. The second-order valence-electron chi connectivity index (χ2n) is 6.67. The third-order valence-electron chi connectivity index (χ3n) is 5.14. The molecule has 1 N–H and O–H groups in total. The SMILES string of the molecule is CCCNC(/C1=C/CCCCCC1)C1Cc2ccccc21. The zero-order valence-corrected chi connectivity index (χ0v) is 13.4. The molecule has 2 aliphatic carbocycles. The third kappa shape index (κ3) is 3.40. The molecule has 2 atom stereocenters. The minimum Gasteiger partial charge on any atom is -0.310 e. The normalized spacial score (nSPS) is 25.8. The fourth-order valence-electron chi connectivity index (χ4n) is 3.93. The summed E-state index contributed by atoms with van der Waals surface area (Å²) in [7, 11) is 0. The van der Waals surface area contributed by atoms with Gasteiger partial charge in [-0.3, -0.25) is 0 Å².